The third-order valence-electron chi connectivity index (χ3n) is 2.49. The normalized spacial score (nSPS) is 11.4. The highest BCUT2D eigenvalue weighted by molar-refractivity contribution is 7.91. The van der Waals surface area contributed by atoms with Crippen molar-refractivity contribution in [3.63, 3.8) is 0 Å². The Morgan fingerprint density at radius 3 is 2.12 bits per heavy atom. The lowest BCUT2D eigenvalue weighted by Gasteiger charge is -2.04. The second-order valence-corrected chi connectivity index (χ2v) is 6.13. The summed E-state index contributed by atoms with van der Waals surface area (Å²) in [4.78, 5) is 11.9. The largest absolute Gasteiger partial charge is 0.294 e. The maximum absolute atomic E-state index is 11.8. The standard InChI is InChI=1S/C13H18O3S/c1-3-5-13(14)11-6-8-12(9-7-11)17(15,16)10-4-2/h6-9H,3-5,10H2,1-2H3. The molecule has 0 atom stereocenters. The van der Waals surface area contributed by atoms with Crippen LogP contribution in [0.1, 0.15) is 43.5 Å². The Hall–Kier alpha value is -1.16. The lowest BCUT2D eigenvalue weighted by molar-refractivity contribution is 0.0981. The van der Waals surface area contributed by atoms with E-state index in [0.29, 0.717) is 23.3 Å². The monoisotopic (exact) mass is 254 g/mol. The van der Waals surface area contributed by atoms with Crippen LogP contribution in [0.3, 0.4) is 0 Å². The van der Waals surface area contributed by atoms with Crippen LogP contribution >= 0.6 is 0 Å². The Bertz CT molecular complexity index is 472. The molecular formula is C13H18O3S. The van der Waals surface area contributed by atoms with Gasteiger partial charge in [0.25, 0.3) is 0 Å². The zero-order chi connectivity index (χ0) is 12.9. The first-order valence-electron chi connectivity index (χ1n) is 5.87. The summed E-state index contributed by atoms with van der Waals surface area (Å²) in [6.45, 7) is 3.77. The number of Topliss-reactive ketones (excluding diaryl/α,β-unsaturated/α-hetero) is 1. The summed E-state index contributed by atoms with van der Waals surface area (Å²) in [5.74, 6) is 0.210. The maximum atomic E-state index is 11.8. The van der Waals surface area contributed by atoms with Gasteiger partial charge in [-0.15, -0.1) is 0 Å². The van der Waals surface area contributed by atoms with Gasteiger partial charge < -0.3 is 0 Å². The molecular weight excluding hydrogens is 236 g/mol. The number of sulfone groups is 1. The fraction of sp³-hybridized carbons (Fsp3) is 0.462. The number of ketones is 1. The third kappa shape index (κ3) is 3.66. The van der Waals surface area contributed by atoms with Crippen LogP contribution in [0.5, 0.6) is 0 Å². The Kier molecular flexibility index (Phi) is 4.87. The predicted molar refractivity (Wildman–Crippen MR) is 68.0 cm³/mol. The van der Waals surface area contributed by atoms with Crippen LogP contribution < -0.4 is 0 Å². The van der Waals surface area contributed by atoms with Gasteiger partial charge in [-0.2, -0.15) is 0 Å². The van der Waals surface area contributed by atoms with Gasteiger partial charge in [-0.05, 0) is 25.0 Å². The molecule has 0 unspecified atom stereocenters. The number of benzene rings is 1. The number of carbonyl (C=O) groups is 1. The molecule has 1 aromatic carbocycles. The van der Waals surface area contributed by atoms with Crippen LogP contribution in [0.2, 0.25) is 0 Å². The van der Waals surface area contributed by atoms with E-state index in [-0.39, 0.29) is 11.5 Å². The minimum Gasteiger partial charge on any atom is -0.294 e. The molecule has 0 aliphatic carbocycles. The molecule has 0 aliphatic rings. The van der Waals surface area contributed by atoms with E-state index in [1.807, 2.05) is 13.8 Å². The molecule has 0 heterocycles. The molecule has 1 rings (SSSR count). The number of rotatable bonds is 6. The van der Waals surface area contributed by atoms with E-state index in [9.17, 15) is 13.2 Å². The van der Waals surface area contributed by atoms with Crippen LogP contribution in [0, 0.1) is 0 Å². The molecule has 0 bridgehead atoms. The summed E-state index contributed by atoms with van der Waals surface area (Å²) in [7, 11) is -3.18. The van der Waals surface area contributed by atoms with Gasteiger partial charge in [0, 0.05) is 12.0 Å². The molecule has 0 spiro atoms. The van der Waals surface area contributed by atoms with Crippen molar-refractivity contribution >= 4 is 15.6 Å². The van der Waals surface area contributed by atoms with Crippen molar-refractivity contribution in [1.29, 1.82) is 0 Å². The predicted octanol–water partition coefficient (Wildman–Crippen LogP) is 2.85. The average molecular weight is 254 g/mol. The van der Waals surface area contributed by atoms with Crippen molar-refractivity contribution in [2.24, 2.45) is 0 Å². The van der Waals surface area contributed by atoms with E-state index >= 15 is 0 Å². The molecule has 0 aromatic heterocycles. The van der Waals surface area contributed by atoms with Crippen LogP contribution in [-0.4, -0.2) is 20.0 Å². The highest BCUT2D eigenvalue weighted by Crippen LogP contribution is 2.14. The van der Waals surface area contributed by atoms with Gasteiger partial charge in [-0.25, -0.2) is 8.42 Å². The minimum absolute atomic E-state index is 0.0620. The van der Waals surface area contributed by atoms with Crippen LogP contribution in [-0.2, 0) is 9.84 Å². The van der Waals surface area contributed by atoms with Gasteiger partial charge in [-0.3, -0.25) is 4.79 Å². The van der Waals surface area contributed by atoms with E-state index in [1.165, 1.54) is 12.1 Å². The van der Waals surface area contributed by atoms with Crippen molar-refractivity contribution in [2.45, 2.75) is 38.0 Å². The van der Waals surface area contributed by atoms with Crippen molar-refractivity contribution in [2.75, 3.05) is 5.75 Å². The van der Waals surface area contributed by atoms with Crippen LogP contribution in [0.15, 0.2) is 29.2 Å². The molecule has 0 radical (unpaired) electrons. The van der Waals surface area contributed by atoms with Crippen molar-refractivity contribution in [3.05, 3.63) is 29.8 Å². The molecule has 0 amide bonds. The van der Waals surface area contributed by atoms with Crippen molar-refractivity contribution in [3.8, 4) is 0 Å². The Labute approximate surface area is 103 Å². The fourth-order valence-electron chi connectivity index (χ4n) is 1.61. The Morgan fingerprint density at radius 1 is 1.06 bits per heavy atom. The summed E-state index contributed by atoms with van der Waals surface area (Å²) in [5, 5.41) is 0. The quantitative estimate of drug-likeness (QED) is 0.733. The average Bonchev–Trinajstić information content (AvgIpc) is 2.29. The molecule has 1 aromatic rings. The second kappa shape index (κ2) is 5.96. The Balaban J connectivity index is 2.92. The summed E-state index contributed by atoms with van der Waals surface area (Å²) in [6, 6.07) is 6.24. The Morgan fingerprint density at radius 2 is 1.65 bits per heavy atom. The molecule has 0 saturated carbocycles. The molecule has 0 N–H and O–H groups in total. The summed E-state index contributed by atoms with van der Waals surface area (Å²) in [5.41, 5.74) is 0.585. The van der Waals surface area contributed by atoms with Gasteiger partial charge in [0.1, 0.15) is 0 Å². The first-order valence-corrected chi connectivity index (χ1v) is 7.52. The van der Waals surface area contributed by atoms with Crippen LogP contribution in [0.4, 0.5) is 0 Å². The minimum atomic E-state index is -3.18. The fourth-order valence-corrected chi connectivity index (χ4v) is 2.93. The molecule has 4 heteroatoms. The number of carbonyl (C=O) groups excluding carboxylic acids is 1. The molecule has 0 fully saturated rings. The van der Waals surface area contributed by atoms with Gasteiger partial charge in [-0.1, -0.05) is 26.0 Å². The van der Waals surface area contributed by atoms with E-state index in [1.54, 1.807) is 12.1 Å². The molecule has 0 saturated heterocycles. The first-order chi connectivity index (χ1) is 8.01. The third-order valence-corrected chi connectivity index (χ3v) is 4.42. The van der Waals surface area contributed by atoms with Gasteiger partial charge in [0.05, 0.1) is 10.6 Å². The van der Waals surface area contributed by atoms with Gasteiger partial charge in [0.2, 0.25) is 0 Å². The van der Waals surface area contributed by atoms with E-state index < -0.39 is 9.84 Å². The van der Waals surface area contributed by atoms with Crippen molar-refractivity contribution < 1.29 is 13.2 Å². The molecule has 0 aliphatic heterocycles. The highest BCUT2D eigenvalue weighted by Gasteiger charge is 2.13. The summed E-state index contributed by atoms with van der Waals surface area (Å²) >= 11 is 0. The van der Waals surface area contributed by atoms with E-state index in [4.69, 9.17) is 0 Å². The van der Waals surface area contributed by atoms with Crippen molar-refractivity contribution in [1.82, 2.24) is 0 Å². The topological polar surface area (TPSA) is 51.2 Å². The first kappa shape index (κ1) is 13.9. The number of hydrogen-bond donors (Lipinski definition) is 0. The lowest BCUT2D eigenvalue weighted by atomic mass is 10.1. The molecule has 3 nitrogen and oxygen atoms in total. The van der Waals surface area contributed by atoms with Gasteiger partial charge >= 0.3 is 0 Å². The SMILES string of the molecule is CCCC(=O)c1ccc(S(=O)(=O)CCC)cc1. The lowest BCUT2D eigenvalue weighted by Crippen LogP contribution is -2.06. The highest BCUT2D eigenvalue weighted by atomic mass is 32.2. The van der Waals surface area contributed by atoms with Crippen LogP contribution in [0.25, 0.3) is 0 Å². The summed E-state index contributed by atoms with van der Waals surface area (Å²) in [6.07, 6.45) is 1.90. The van der Waals surface area contributed by atoms with E-state index in [0.717, 1.165) is 6.42 Å². The smallest absolute Gasteiger partial charge is 0.178 e. The zero-order valence-corrected chi connectivity index (χ0v) is 11.1. The zero-order valence-electron chi connectivity index (χ0n) is 10.3. The maximum Gasteiger partial charge on any atom is 0.178 e. The summed E-state index contributed by atoms with van der Waals surface area (Å²) < 4.78 is 23.5. The molecule has 94 valence electrons. The second-order valence-electron chi connectivity index (χ2n) is 4.02. The van der Waals surface area contributed by atoms with E-state index in [2.05, 4.69) is 0 Å². The number of hydrogen-bond acceptors (Lipinski definition) is 3. The molecule has 17 heavy (non-hydrogen) atoms. The van der Waals surface area contributed by atoms with Gasteiger partial charge in [0.15, 0.2) is 15.6 Å².